The largest absolute Gasteiger partial charge is 0.354 e. The van der Waals surface area contributed by atoms with E-state index in [1.807, 2.05) is 12.3 Å². The van der Waals surface area contributed by atoms with Gasteiger partial charge in [-0.2, -0.15) is 0 Å². The molecule has 154 valence electrons. The number of nitrogens with zero attached hydrogens (tertiary/aromatic N) is 8. The van der Waals surface area contributed by atoms with Crippen LogP contribution < -0.4 is 9.80 Å². The van der Waals surface area contributed by atoms with E-state index in [0.717, 1.165) is 61.0 Å². The molecule has 0 radical (unpaired) electrons. The van der Waals surface area contributed by atoms with Gasteiger partial charge in [0.15, 0.2) is 5.82 Å². The van der Waals surface area contributed by atoms with Crippen LogP contribution in [0.5, 0.6) is 0 Å². The predicted octanol–water partition coefficient (Wildman–Crippen LogP) is 2.54. The lowest BCUT2D eigenvalue weighted by Gasteiger charge is -2.60. The van der Waals surface area contributed by atoms with Crippen LogP contribution in [0.15, 0.2) is 36.8 Å². The quantitative estimate of drug-likeness (QED) is 0.628. The first kappa shape index (κ1) is 18.1. The van der Waals surface area contributed by atoms with Crippen LogP contribution in [0.4, 0.5) is 11.8 Å². The third kappa shape index (κ3) is 2.63. The molecule has 1 aromatic carbocycles. The Kier molecular flexibility index (Phi) is 3.85. The van der Waals surface area contributed by atoms with Gasteiger partial charge in [-0.05, 0) is 37.7 Å². The molecule has 0 amide bonds. The molecular formula is C21H23ClN8. The van der Waals surface area contributed by atoms with E-state index in [1.165, 1.54) is 5.56 Å². The molecule has 9 heteroatoms. The molecule has 3 aromatic rings. The molecule has 2 saturated heterocycles. The molecule has 0 saturated carbocycles. The monoisotopic (exact) mass is 422 g/mol. The third-order valence-corrected chi connectivity index (χ3v) is 6.94. The Morgan fingerprint density at radius 3 is 2.63 bits per heavy atom. The van der Waals surface area contributed by atoms with Crippen LogP contribution in [0.1, 0.15) is 24.4 Å². The Morgan fingerprint density at radius 1 is 1.07 bits per heavy atom. The minimum Gasteiger partial charge on any atom is -0.354 e. The number of aromatic nitrogens is 5. The second-order valence-electron chi connectivity index (χ2n) is 8.82. The Bertz CT molecular complexity index is 1100. The summed E-state index contributed by atoms with van der Waals surface area (Å²) in [4.78, 5) is 15.5. The van der Waals surface area contributed by atoms with E-state index in [2.05, 4.69) is 65.5 Å². The van der Waals surface area contributed by atoms with Gasteiger partial charge in [-0.25, -0.2) is 4.98 Å². The molecule has 2 fully saturated rings. The van der Waals surface area contributed by atoms with E-state index >= 15 is 0 Å². The summed E-state index contributed by atoms with van der Waals surface area (Å²) in [6.07, 6.45) is 5.30. The number of hydrogen-bond donors (Lipinski definition) is 0. The number of halogens is 1. The summed E-state index contributed by atoms with van der Waals surface area (Å²) in [7, 11) is 2.12. The maximum absolute atomic E-state index is 6.33. The molecule has 0 N–H and O–H groups in total. The molecule has 30 heavy (non-hydrogen) atoms. The molecule has 3 aliphatic rings. The molecule has 2 aromatic heterocycles. The average Bonchev–Trinajstić information content (AvgIpc) is 3.05. The summed E-state index contributed by atoms with van der Waals surface area (Å²) >= 11 is 6.33. The fourth-order valence-electron chi connectivity index (χ4n) is 5.01. The van der Waals surface area contributed by atoms with E-state index in [9.17, 15) is 0 Å². The Hall–Kier alpha value is -2.71. The minimum atomic E-state index is 0.253. The van der Waals surface area contributed by atoms with Crippen LogP contribution >= 0.6 is 11.6 Å². The van der Waals surface area contributed by atoms with Crippen molar-refractivity contribution in [1.29, 1.82) is 0 Å². The second-order valence-corrected chi connectivity index (χ2v) is 9.26. The molecule has 1 unspecified atom stereocenters. The topological polar surface area (TPSA) is 66.2 Å². The maximum Gasteiger partial charge on any atom is 0.231 e. The lowest BCUT2D eigenvalue weighted by Crippen LogP contribution is -2.73. The minimum absolute atomic E-state index is 0.253. The van der Waals surface area contributed by atoms with E-state index in [1.54, 1.807) is 12.4 Å². The van der Waals surface area contributed by atoms with Gasteiger partial charge in [-0.3, -0.25) is 14.5 Å². The zero-order chi connectivity index (χ0) is 20.5. The summed E-state index contributed by atoms with van der Waals surface area (Å²) in [5.41, 5.74) is 2.64. The van der Waals surface area contributed by atoms with Crippen molar-refractivity contribution in [2.45, 2.75) is 19.5 Å². The predicted molar refractivity (Wildman–Crippen MR) is 115 cm³/mol. The highest BCUT2D eigenvalue weighted by Gasteiger charge is 2.53. The van der Waals surface area contributed by atoms with E-state index < -0.39 is 0 Å². The summed E-state index contributed by atoms with van der Waals surface area (Å²) in [5, 5.41) is 9.89. The maximum atomic E-state index is 6.33. The first-order valence-electron chi connectivity index (χ1n) is 10.2. The van der Waals surface area contributed by atoms with Gasteiger partial charge in [-0.15, -0.1) is 10.2 Å². The highest BCUT2D eigenvalue weighted by molar-refractivity contribution is 6.30. The highest BCUT2D eigenvalue weighted by atomic mass is 35.5. The molecule has 6 rings (SSSR count). The van der Waals surface area contributed by atoms with Gasteiger partial charge in [-0.1, -0.05) is 11.6 Å². The van der Waals surface area contributed by atoms with Gasteiger partial charge in [0.2, 0.25) is 5.95 Å². The number of anilines is 2. The van der Waals surface area contributed by atoms with Gasteiger partial charge in [0.25, 0.3) is 0 Å². The SMILES string of the molecule is CC1c2cc(Cl)ccc2-n2c(nnc2N2CC3(CN(c4cnccn4)C3)C2)CN1C. The number of benzene rings is 1. The van der Waals surface area contributed by atoms with Crippen molar-refractivity contribution in [1.82, 2.24) is 29.6 Å². The van der Waals surface area contributed by atoms with Gasteiger partial charge < -0.3 is 9.80 Å². The van der Waals surface area contributed by atoms with Crippen molar-refractivity contribution < 1.29 is 0 Å². The van der Waals surface area contributed by atoms with E-state index in [4.69, 9.17) is 11.6 Å². The van der Waals surface area contributed by atoms with Crippen LogP contribution in [-0.4, -0.2) is 62.9 Å². The summed E-state index contributed by atoms with van der Waals surface area (Å²) in [6.45, 7) is 6.94. The molecule has 1 atom stereocenters. The summed E-state index contributed by atoms with van der Waals surface area (Å²) in [6, 6.07) is 6.37. The van der Waals surface area contributed by atoms with Crippen molar-refractivity contribution in [3.63, 3.8) is 0 Å². The Morgan fingerprint density at radius 2 is 1.87 bits per heavy atom. The van der Waals surface area contributed by atoms with Crippen LogP contribution in [0.25, 0.3) is 5.69 Å². The lowest BCUT2D eigenvalue weighted by molar-refractivity contribution is 0.153. The first-order chi connectivity index (χ1) is 14.5. The van der Waals surface area contributed by atoms with Crippen LogP contribution in [0, 0.1) is 5.41 Å². The van der Waals surface area contributed by atoms with Gasteiger partial charge >= 0.3 is 0 Å². The summed E-state index contributed by atoms with van der Waals surface area (Å²) in [5.74, 6) is 2.86. The third-order valence-electron chi connectivity index (χ3n) is 6.71. The molecule has 0 bridgehead atoms. The Balaban J connectivity index is 1.27. The van der Waals surface area contributed by atoms with Crippen molar-refractivity contribution in [3.8, 4) is 5.69 Å². The number of hydrogen-bond acceptors (Lipinski definition) is 7. The number of rotatable bonds is 2. The highest BCUT2D eigenvalue weighted by Crippen LogP contribution is 2.44. The lowest BCUT2D eigenvalue weighted by atomic mass is 9.73. The average molecular weight is 423 g/mol. The zero-order valence-corrected chi connectivity index (χ0v) is 17.8. The molecule has 0 aliphatic carbocycles. The van der Waals surface area contributed by atoms with Crippen molar-refractivity contribution in [2.75, 3.05) is 43.0 Å². The van der Waals surface area contributed by atoms with E-state index in [0.29, 0.717) is 5.41 Å². The van der Waals surface area contributed by atoms with Crippen molar-refractivity contribution in [2.24, 2.45) is 5.41 Å². The molecule has 8 nitrogen and oxygen atoms in total. The Labute approximate surface area is 180 Å². The smallest absolute Gasteiger partial charge is 0.231 e. The summed E-state index contributed by atoms with van der Waals surface area (Å²) < 4.78 is 2.22. The zero-order valence-electron chi connectivity index (χ0n) is 17.0. The van der Waals surface area contributed by atoms with Crippen LogP contribution in [0.2, 0.25) is 5.02 Å². The van der Waals surface area contributed by atoms with Gasteiger partial charge in [0.1, 0.15) is 5.82 Å². The normalized spacial score (nSPS) is 22.2. The number of fused-ring (bicyclic) bond motifs is 3. The molecule has 5 heterocycles. The van der Waals surface area contributed by atoms with Gasteiger partial charge in [0.05, 0.1) is 18.4 Å². The molecular weight excluding hydrogens is 400 g/mol. The first-order valence-corrected chi connectivity index (χ1v) is 10.6. The fourth-order valence-corrected chi connectivity index (χ4v) is 5.19. The van der Waals surface area contributed by atoms with Crippen molar-refractivity contribution >= 4 is 23.4 Å². The van der Waals surface area contributed by atoms with E-state index in [-0.39, 0.29) is 6.04 Å². The van der Waals surface area contributed by atoms with Crippen LogP contribution in [-0.2, 0) is 6.54 Å². The second kappa shape index (κ2) is 6.39. The van der Waals surface area contributed by atoms with Gasteiger partial charge in [0, 0.05) is 55.1 Å². The standard InChI is InChI=1S/C21H23ClN8/c1-14-16-7-15(22)3-4-17(16)30-19(9-27(14)2)25-26-20(30)29-12-21(13-29)10-28(11-21)18-8-23-5-6-24-18/h3-8,14H,9-13H2,1-2H3. The molecule has 1 spiro atoms. The van der Waals surface area contributed by atoms with Crippen LogP contribution in [0.3, 0.4) is 0 Å². The fraction of sp³-hybridized carbons (Fsp3) is 0.429. The molecule has 3 aliphatic heterocycles. The van der Waals surface area contributed by atoms with Crippen molar-refractivity contribution in [3.05, 3.63) is 53.2 Å².